The number of carboxylic acids is 1. The van der Waals surface area contributed by atoms with Crippen molar-refractivity contribution in [2.24, 2.45) is 17.6 Å². The van der Waals surface area contributed by atoms with Crippen molar-refractivity contribution in [3.8, 4) is 16.9 Å². The number of amidine groups is 1. The first-order chi connectivity index (χ1) is 12.9. The van der Waals surface area contributed by atoms with Crippen molar-refractivity contribution < 1.29 is 19.4 Å². The van der Waals surface area contributed by atoms with Crippen LogP contribution in [0.1, 0.15) is 12.0 Å². The lowest BCUT2D eigenvalue weighted by Crippen LogP contribution is -2.25. The third-order valence-electron chi connectivity index (χ3n) is 4.69. The van der Waals surface area contributed by atoms with Gasteiger partial charge in [-0.1, -0.05) is 36.4 Å². The highest BCUT2D eigenvalue weighted by Gasteiger charge is 2.36. The molecule has 0 aromatic heterocycles. The number of hydrogen-bond acceptors (Lipinski definition) is 4. The van der Waals surface area contributed by atoms with Gasteiger partial charge in [-0.15, -0.1) is 0 Å². The Bertz CT molecular complexity index is 847. The van der Waals surface area contributed by atoms with E-state index in [1.54, 1.807) is 12.1 Å². The largest absolute Gasteiger partial charge is 0.493 e. The fourth-order valence-electron chi connectivity index (χ4n) is 3.13. The van der Waals surface area contributed by atoms with Gasteiger partial charge in [0.15, 0.2) is 0 Å². The predicted molar refractivity (Wildman–Crippen MR) is 101 cm³/mol. The van der Waals surface area contributed by atoms with Gasteiger partial charge in [-0.2, -0.15) is 0 Å². The van der Waals surface area contributed by atoms with Crippen LogP contribution in [0, 0.1) is 17.2 Å². The zero-order valence-corrected chi connectivity index (χ0v) is 14.6. The highest BCUT2D eigenvalue weighted by atomic mass is 16.5. The van der Waals surface area contributed by atoms with E-state index < -0.39 is 11.9 Å². The molecule has 27 heavy (non-hydrogen) atoms. The Labute approximate surface area is 156 Å². The quantitative estimate of drug-likeness (QED) is 0.439. The molecule has 1 fully saturated rings. The maximum atomic E-state index is 11.7. The summed E-state index contributed by atoms with van der Waals surface area (Å²) in [6.45, 7) is 0.709. The number of amides is 1. The molecule has 0 spiro atoms. The first kappa shape index (κ1) is 18.4. The van der Waals surface area contributed by atoms with Crippen molar-refractivity contribution >= 4 is 17.7 Å². The summed E-state index contributed by atoms with van der Waals surface area (Å²) in [6, 6.07) is 14.9. The number of rotatable bonds is 7. The van der Waals surface area contributed by atoms with E-state index >= 15 is 0 Å². The molecule has 3 rings (SSSR count). The Hall–Kier alpha value is -3.35. The number of carboxylic acid groups (broad SMARTS) is 1. The zero-order chi connectivity index (χ0) is 19.4. The van der Waals surface area contributed by atoms with Crippen LogP contribution in [-0.2, 0) is 9.59 Å². The van der Waals surface area contributed by atoms with Crippen molar-refractivity contribution in [3.05, 3.63) is 54.1 Å². The van der Waals surface area contributed by atoms with Gasteiger partial charge in [0, 0.05) is 18.0 Å². The molecule has 2 aromatic rings. The van der Waals surface area contributed by atoms with Crippen LogP contribution in [-0.4, -0.2) is 36.0 Å². The minimum absolute atomic E-state index is 0.0337. The number of aliphatic carboxylic acids is 1. The number of benzene rings is 2. The fraction of sp³-hybridized carbons (Fsp3) is 0.250. The van der Waals surface area contributed by atoms with Gasteiger partial charge in [0.05, 0.1) is 18.9 Å². The average Bonchev–Trinajstić information content (AvgIpc) is 3.00. The van der Waals surface area contributed by atoms with Crippen LogP contribution >= 0.6 is 0 Å². The lowest BCUT2D eigenvalue weighted by molar-refractivity contribution is -0.141. The first-order valence-electron chi connectivity index (χ1n) is 8.61. The fourth-order valence-corrected chi connectivity index (χ4v) is 3.13. The molecule has 1 heterocycles. The van der Waals surface area contributed by atoms with Gasteiger partial charge in [0.25, 0.3) is 0 Å². The molecule has 1 saturated heterocycles. The first-order valence-corrected chi connectivity index (χ1v) is 8.61. The Morgan fingerprint density at radius 3 is 2.30 bits per heavy atom. The van der Waals surface area contributed by atoms with E-state index in [0.29, 0.717) is 17.9 Å². The van der Waals surface area contributed by atoms with Crippen LogP contribution in [0.3, 0.4) is 0 Å². The molecule has 0 saturated carbocycles. The minimum Gasteiger partial charge on any atom is -0.493 e. The highest BCUT2D eigenvalue weighted by Crippen LogP contribution is 2.25. The van der Waals surface area contributed by atoms with E-state index in [-0.39, 0.29) is 30.7 Å². The van der Waals surface area contributed by atoms with Crippen molar-refractivity contribution in [1.82, 2.24) is 5.32 Å². The van der Waals surface area contributed by atoms with Crippen LogP contribution in [0.4, 0.5) is 0 Å². The standard InChI is InChI=1S/C20H21N3O4/c21-19(22)14-3-1-12(2-4-14)13-5-7-16(8-6-13)27-11-15-10-23-20(26)17(15)9-18(24)25/h1-8,15,17H,9-11H2,(H3,21,22)(H,23,26)(H,24,25). The molecule has 5 N–H and O–H groups in total. The topological polar surface area (TPSA) is 126 Å². The molecule has 2 atom stereocenters. The minimum atomic E-state index is -0.984. The number of ether oxygens (including phenoxy) is 1. The Morgan fingerprint density at radius 1 is 1.15 bits per heavy atom. The van der Waals surface area contributed by atoms with Crippen LogP contribution < -0.4 is 15.8 Å². The zero-order valence-electron chi connectivity index (χ0n) is 14.6. The smallest absolute Gasteiger partial charge is 0.304 e. The van der Waals surface area contributed by atoms with Gasteiger partial charge in [-0.05, 0) is 23.3 Å². The van der Waals surface area contributed by atoms with Crippen LogP contribution in [0.2, 0.25) is 0 Å². The monoisotopic (exact) mass is 367 g/mol. The number of carbonyl (C=O) groups is 2. The molecule has 2 aromatic carbocycles. The number of hydrogen-bond donors (Lipinski definition) is 4. The van der Waals surface area contributed by atoms with Crippen LogP contribution in [0.15, 0.2) is 48.5 Å². The number of carbonyl (C=O) groups excluding carboxylic acids is 1. The molecule has 0 radical (unpaired) electrons. The Morgan fingerprint density at radius 2 is 1.74 bits per heavy atom. The van der Waals surface area contributed by atoms with Gasteiger partial charge >= 0.3 is 5.97 Å². The molecule has 1 amide bonds. The highest BCUT2D eigenvalue weighted by molar-refractivity contribution is 5.95. The summed E-state index contributed by atoms with van der Waals surface area (Å²) in [6.07, 6.45) is -0.185. The molecule has 0 bridgehead atoms. The van der Waals surface area contributed by atoms with Crippen molar-refractivity contribution in [3.63, 3.8) is 0 Å². The molecule has 1 aliphatic rings. The molecule has 0 aliphatic carbocycles. The summed E-state index contributed by atoms with van der Waals surface area (Å²) in [5.41, 5.74) is 8.13. The Balaban J connectivity index is 1.61. The second kappa shape index (κ2) is 7.90. The molecular weight excluding hydrogens is 346 g/mol. The maximum absolute atomic E-state index is 11.7. The van der Waals surface area contributed by atoms with E-state index in [0.717, 1.165) is 11.1 Å². The number of nitrogens with two attached hydrogens (primary N) is 1. The third-order valence-corrected chi connectivity index (χ3v) is 4.69. The second-order valence-corrected chi connectivity index (χ2v) is 6.54. The van der Waals surface area contributed by atoms with Gasteiger partial charge in [0.1, 0.15) is 11.6 Å². The van der Waals surface area contributed by atoms with E-state index in [2.05, 4.69) is 5.32 Å². The van der Waals surface area contributed by atoms with Gasteiger partial charge in [-0.3, -0.25) is 15.0 Å². The van der Waals surface area contributed by atoms with Crippen molar-refractivity contribution in [1.29, 1.82) is 5.41 Å². The SMILES string of the molecule is N=C(N)c1ccc(-c2ccc(OCC3CNC(=O)C3CC(=O)O)cc2)cc1. The average molecular weight is 367 g/mol. The molecule has 1 aliphatic heterocycles. The molecule has 140 valence electrons. The maximum Gasteiger partial charge on any atom is 0.304 e. The van der Waals surface area contributed by atoms with Crippen molar-refractivity contribution in [2.75, 3.05) is 13.2 Å². The number of nitrogens with one attached hydrogen (secondary N) is 2. The summed E-state index contributed by atoms with van der Waals surface area (Å²) in [7, 11) is 0. The van der Waals surface area contributed by atoms with E-state index in [9.17, 15) is 9.59 Å². The summed E-state index contributed by atoms with van der Waals surface area (Å²) < 4.78 is 5.76. The second-order valence-electron chi connectivity index (χ2n) is 6.54. The molecule has 2 unspecified atom stereocenters. The molecular formula is C20H21N3O4. The van der Waals surface area contributed by atoms with Crippen LogP contribution in [0.5, 0.6) is 5.75 Å². The van der Waals surface area contributed by atoms with E-state index in [1.165, 1.54) is 0 Å². The molecule has 7 heteroatoms. The van der Waals surface area contributed by atoms with Gasteiger partial charge in [-0.25, -0.2) is 0 Å². The van der Waals surface area contributed by atoms with Gasteiger partial charge in [0.2, 0.25) is 5.91 Å². The van der Waals surface area contributed by atoms with Gasteiger partial charge < -0.3 is 20.9 Å². The number of nitrogen functional groups attached to an aromatic ring is 1. The predicted octanol–water partition coefficient (Wildman–Crippen LogP) is 1.85. The summed E-state index contributed by atoms with van der Waals surface area (Å²) in [5, 5.41) is 19.1. The summed E-state index contributed by atoms with van der Waals surface area (Å²) in [5.74, 6) is -1.23. The lowest BCUT2D eigenvalue weighted by Gasteiger charge is -2.16. The van der Waals surface area contributed by atoms with E-state index in [4.69, 9.17) is 21.0 Å². The third kappa shape index (κ3) is 4.44. The molecule has 7 nitrogen and oxygen atoms in total. The normalized spacial score (nSPS) is 18.7. The Kier molecular flexibility index (Phi) is 5.40. The van der Waals surface area contributed by atoms with Crippen LogP contribution in [0.25, 0.3) is 11.1 Å². The van der Waals surface area contributed by atoms with E-state index in [1.807, 2.05) is 36.4 Å². The summed E-state index contributed by atoms with van der Waals surface area (Å²) in [4.78, 5) is 22.7. The van der Waals surface area contributed by atoms with Crippen molar-refractivity contribution in [2.45, 2.75) is 6.42 Å². The lowest BCUT2D eigenvalue weighted by atomic mass is 9.93. The summed E-state index contributed by atoms with van der Waals surface area (Å²) >= 11 is 0.